The van der Waals surface area contributed by atoms with Gasteiger partial charge in [-0.15, -0.1) is 0 Å². The lowest BCUT2D eigenvalue weighted by molar-refractivity contribution is 0.150. The van der Waals surface area contributed by atoms with Crippen LogP contribution in [0.1, 0.15) is 67.2 Å². The third-order valence-corrected chi connectivity index (χ3v) is 3.64. The Hall–Kier alpha value is 0. The van der Waals surface area contributed by atoms with E-state index in [9.17, 15) is 0 Å². The lowest BCUT2D eigenvalue weighted by atomic mass is 9.70. The zero-order valence-electron chi connectivity index (χ0n) is 10.5. The van der Waals surface area contributed by atoms with Gasteiger partial charge >= 0.3 is 0 Å². The fourth-order valence-electron chi connectivity index (χ4n) is 2.33. The van der Waals surface area contributed by atoms with E-state index in [1.54, 1.807) is 0 Å². The Balaban J connectivity index is 4.19. The van der Waals surface area contributed by atoms with Crippen molar-refractivity contribution < 1.29 is 0 Å². The molecule has 2 atom stereocenters. The fourth-order valence-corrected chi connectivity index (χ4v) is 2.33. The molecule has 0 aliphatic heterocycles. The Morgan fingerprint density at radius 3 is 1.92 bits per heavy atom. The van der Waals surface area contributed by atoms with Crippen LogP contribution in [0.2, 0.25) is 0 Å². The van der Waals surface area contributed by atoms with Crippen LogP contribution in [0.15, 0.2) is 0 Å². The Labute approximate surface area is 85.1 Å². The van der Waals surface area contributed by atoms with E-state index in [2.05, 4.69) is 41.5 Å². The molecule has 13 heavy (non-hydrogen) atoms. The molecule has 0 aliphatic rings. The van der Waals surface area contributed by atoms with Crippen LogP contribution in [0.4, 0.5) is 0 Å². The van der Waals surface area contributed by atoms with Crippen LogP contribution < -0.4 is 0 Å². The van der Waals surface area contributed by atoms with Gasteiger partial charge in [0.2, 0.25) is 0 Å². The molecule has 0 saturated carbocycles. The second-order valence-corrected chi connectivity index (χ2v) is 5.29. The van der Waals surface area contributed by atoms with E-state index in [1.807, 2.05) is 0 Å². The first-order chi connectivity index (χ1) is 5.96. The summed E-state index contributed by atoms with van der Waals surface area (Å²) in [4.78, 5) is 0. The van der Waals surface area contributed by atoms with Crippen molar-refractivity contribution >= 4 is 0 Å². The molecule has 0 bridgehead atoms. The zero-order chi connectivity index (χ0) is 10.5. The normalized spacial score (nSPS) is 18.7. The van der Waals surface area contributed by atoms with Gasteiger partial charge in [0.1, 0.15) is 0 Å². The van der Waals surface area contributed by atoms with Crippen molar-refractivity contribution in [3.05, 3.63) is 0 Å². The van der Waals surface area contributed by atoms with Crippen LogP contribution in [-0.4, -0.2) is 0 Å². The average Bonchev–Trinajstić information content (AvgIpc) is 2.03. The van der Waals surface area contributed by atoms with Crippen molar-refractivity contribution in [1.82, 2.24) is 0 Å². The summed E-state index contributed by atoms with van der Waals surface area (Å²) in [6, 6.07) is 0. The molecule has 0 aromatic rings. The third kappa shape index (κ3) is 4.15. The van der Waals surface area contributed by atoms with Gasteiger partial charge in [-0.2, -0.15) is 0 Å². The van der Waals surface area contributed by atoms with Gasteiger partial charge in [-0.05, 0) is 30.1 Å². The summed E-state index contributed by atoms with van der Waals surface area (Å²) >= 11 is 0. The lowest BCUT2D eigenvalue weighted by Crippen LogP contribution is -2.25. The maximum Gasteiger partial charge on any atom is -0.0303 e. The molecule has 0 aromatic carbocycles. The third-order valence-electron chi connectivity index (χ3n) is 3.64. The molecule has 0 radical (unpaired) electrons. The van der Waals surface area contributed by atoms with Crippen molar-refractivity contribution in [3.8, 4) is 0 Å². The molecule has 0 nitrogen and oxygen atoms in total. The Bertz CT molecular complexity index is 126. The van der Waals surface area contributed by atoms with Crippen molar-refractivity contribution in [1.29, 1.82) is 0 Å². The summed E-state index contributed by atoms with van der Waals surface area (Å²) in [7, 11) is 0. The molecule has 0 fully saturated rings. The van der Waals surface area contributed by atoms with Crippen LogP contribution in [0.3, 0.4) is 0 Å². The van der Waals surface area contributed by atoms with E-state index >= 15 is 0 Å². The first kappa shape index (κ1) is 13.0. The summed E-state index contributed by atoms with van der Waals surface area (Å²) in [5.41, 5.74) is 0.582. The largest absolute Gasteiger partial charge is 0.0654 e. The highest BCUT2D eigenvalue weighted by Gasteiger charge is 2.28. The van der Waals surface area contributed by atoms with E-state index in [0.29, 0.717) is 5.41 Å². The lowest BCUT2D eigenvalue weighted by Gasteiger charge is -2.36. The van der Waals surface area contributed by atoms with Crippen LogP contribution in [0.25, 0.3) is 0 Å². The van der Waals surface area contributed by atoms with Crippen LogP contribution in [0.5, 0.6) is 0 Å². The second-order valence-electron chi connectivity index (χ2n) is 5.29. The standard InChI is InChI=1S/C13H28/c1-7-9-13(6,8-2)12(5)10-11(3)4/h11-12H,7-10H2,1-6H3. The molecule has 0 amide bonds. The second kappa shape index (κ2) is 5.67. The smallest absolute Gasteiger partial charge is 0.0303 e. The predicted molar refractivity (Wildman–Crippen MR) is 61.9 cm³/mol. The molecule has 80 valence electrons. The first-order valence-corrected chi connectivity index (χ1v) is 5.96. The van der Waals surface area contributed by atoms with E-state index in [0.717, 1.165) is 11.8 Å². The average molecular weight is 184 g/mol. The van der Waals surface area contributed by atoms with Crippen molar-refractivity contribution in [2.45, 2.75) is 67.2 Å². The van der Waals surface area contributed by atoms with Gasteiger partial charge in [0.05, 0.1) is 0 Å². The summed E-state index contributed by atoms with van der Waals surface area (Å²) in [5, 5.41) is 0. The van der Waals surface area contributed by atoms with Crippen LogP contribution in [0, 0.1) is 17.3 Å². The van der Waals surface area contributed by atoms with Gasteiger partial charge in [-0.25, -0.2) is 0 Å². The number of hydrogen-bond acceptors (Lipinski definition) is 0. The van der Waals surface area contributed by atoms with Gasteiger partial charge in [0.15, 0.2) is 0 Å². The van der Waals surface area contributed by atoms with Gasteiger partial charge in [0, 0.05) is 0 Å². The molecule has 0 rings (SSSR count). The quantitative estimate of drug-likeness (QED) is 0.551. The highest BCUT2D eigenvalue weighted by molar-refractivity contribution is 4.78. The summed E-state index contributed by atoms with van der Waals surface area (Å²) < 4.78 is 0. The van der Waals surface area contributed by atoms with Gasteiger partial charge in [-0.3, -0.25) is 0 Å². The van der Waals surface area contributed by atoms with Crippen LogP contribution in [-0.2, 0) is 0 Å². The molecule has 0 saturated heterocycles. The summed E-state index contributed by atoms with van der Waals surface area (Å²) in [6.07, 6.45) is 5.42. The van der Waals surface area contributed by atoms with Gasteiger partial charge in [0.25, 0.3) is 0 Å². The molecule has 0 N–H and O–H groups in total. The Morgan fingerprint density at radius 2 is 1.62 bits per heavy atom. The minimum absolute atomic E-state index is 0.582. The van der Waals surface area contributed by atoms with Crippen LogP contribution >= 0.6 is 0 Å². The summed E-state index contributed by atoms with van der Waals surface area (Å²) in [6.45, 7) is 14.2. The van der Waals surface area contributed by atoms with E-state index in [1.165, 1.54) is 25.7 Å². The highest BCUT2D eigenvalue weighted by Crippen LogP contribution is 2.39. The van der Waals surface area contributed by atoms with Crippen molar-refractivity contribution in [2.75, 3.05) is 0 Å². The molecule has 0 heterocycles. The molecule has 0 spiro atoms. The molecule has 0 aliphatic carbocycles. The fraction of sp³-hybridized carbons (Fsp3) is 1.00. The molecular weight excluding hydrogens is 156 g/mol. The van der Waals surface area contributed by atoms with Gasteiger partial charge in [-0.1, -0.05) is 54.4 Å². The maximum atomic E-state index is 2.46. The maximum absolute atomic E-state index is 2.46. The van der Waals surface area contributed by atoms with E-state index in [4.69, 9.17) is 0 Å². The Morgan fingerprint density at radius 1 is 1.08 bits per heavy atom. The van der Waals surface area contributed by atoms with E-state index in [-0.39, 0.29) is 0 Å². The zero-order valence-corrected chi connectivity index (χ0v) is 10.5. The monoisotopic (exact) mass is 184 g/mol. The Kier molecular flexibility index (Phi) is 5.67. The molecular formula is C13H28. The number of rotatable bonds is 6. The molecule has 2 unspecified atom stereocenters. The predicted octanol–water partition coefficient (Wildman–Crippen LogP) is 4.89. The first-order valence-electron chi connectivity index (χ1n) is 5.96. The van der Waals surface area contributed by atoms with Crippen molar-refractivity contribution in [3.63, 3.8) is 0 Å². The minimum Gasteiger partial charge on any atom is -0.0654 e. The topological polar surface area (TPSA) is 0 Å². The minimum atomic E-state index is 0.582. The molecule has 0 aromatic heterocycles. The van der Waals surface area contributed by atoms with Gasteiger partial charge < -0.3 is 0 Å². The number of hydrogen-bond donors (Lipinski definition) is 0. The van der Waals surface area contributed by atoms with E-state index < -0.39 is 0 Å². The van der Waals surface area contributed by atoms with Crippen molar-refractivity contribution in [2.24, 2.45) is 17.3 Å². The SMILES string of the molecule is CCCC(C)(CC)C(C)CC(C)C. The summed E-state index contributed by atoms with van der Waals surface area (Å²) in [5.74, 6) is 1.72. The molecule has 0 heteroatoms. The highest BCUT2D eigenvalue weighted by atomic mass is 14.3.